The Balaban J connectivity index is 2.74. The monoisotopic (exact) mass is 384 g/mol. The summed E-state index contributed by atoms with van der Waals surface area (Å²) in [7, 11) is 0. The number of hydrogen-bond donors (Lipinski definition) is 3. The van der Waals surface area contributed by atoms with Crippen LogP contribution in [0.2, 0.25) is 0 Å². The molecule has 0 radical (unpaired) electrons. The largest absolute Gasteiger partial charge is 0.354 e. The minimum Gasteiger partial charge on any atom is -0.354 e. The SMILES string of the molecule is CC(C)CCN(CC(=O)NO)C(=O)N1CCC[C@H]1C(=O)NCCC(C)(C)C. The van der Waals surface area contributed by atoms with E-state index in [9.17, 15) is 14.4 Å². The van der Waals surface area contributed by atoms with Crippen molar-refractivity contribution in [2.45, 2.75) is 66.3 Å². The van der Waals surface area contributed by atoms with Gasteiger partial charge in [0.05, 0.1) is 0 Å². The van der Waals surface area contributed by atoms with Crippen LogP contribution in [0.4, 0.5) is 4.79 Å². The van der Waals surface area contributed by atoms with Gasteiger partial charge in [-0.15, -0.1) is 0 Å². The molecule has 27 heavy (non-hydrogen) atoms. The average Bonchev–Trinajstić information content (AvgIpc) is 3.06. The molecule has 1 fully saturated rings. The molecule has 3 N–H and O–H groups in total. The number of carbonyl (C=O) groups is 3. The van der Waals surface area contributed by atoms with Gasteiger partial charge in [0.25, 0.3) is 5.91 Å². The fourth-order valence-electron chi connectivity index (χ4n) is 2.99. The average molecular weight is 385 g/mol. The molecule has 0 aliphatic carbocycles. The molecule has 4 amide bonds. The highest BCUT2D eigenvalue weighted by Crippen LogP contribution is 2.21. The van der Waals surface area contributed by atoms with Crippen LogP contribution in [-0.4, -0.2) is 65.1 Å². The van der Waals surface area contributed by atoms with Crippen LogP contribution in [0, 0.1) is 11.3 Å². The zero-order chi connectivity index (χ0) is 20.6. The second-order valence-electron chi connectivity index (χ2n) is 8.87. The first-order valence-electron chi connectivity index (χ1n) is 9.81. The molecule has 1 atom stereocenters. The molecule has 0 aromatic carbocycles. The van der Waals surface area contributed by atoms with Crippen molar-refractivity contribution in [1.82, 2.24) is 20.6 Å². The van der Waals surface area contributed by atoms with Crippen LogP contribution in [0.15, 0.2) is 0 Å². The Bertz CT molecular complexity index is 516. The van der Waals surface area contributed by atoms with Gasteiger partial charge in [0.15, 0.2) is 0 Å². The predicted molar refractivity (Wildman–Crippen MR) is 103 cm³/mol. The van der Waals surface area contributed by atoms with Crippen molar-refractivity contribution < 1.29 is 19.6 Å². The van der Waals surface area contributed by atoms with E-state index in [4.69, 9.17) is 5.21 Å². The summed E-state index contributed by atoms with van der Waals surface area (Å²) in [6.07, 6.45) is 2.97. The normalized spacial score (nSPS) is 17.1. The van der Waals surface area contributed by atoms with Crippen LogP contribution in [0.3, 0.4) is 0 Å². The Kier molecular flexibility index (Phi) is 9.02. The van der Waals surface area contributed by atoms with E-state index >= 15 is 0 Å². The van der Waals surface area contributed by atoms with E-state index in [2.05, 4.69) is 26.1 Å². The molecule has 0 unspecified atom stereocenters. The lowest BCUT2D eigenvalue weighted by molar-refractivity contribution is -0.130. The Hall–Kier alpha value is -1.83. The van der Waals surface area contributed by atoms with Crippen molar-refractivity contribution in [3.8, 4) is 0 Å². The molecule has 0 bridgehead atoms. The number of hydroxylamine groups is 1. The molecule has 1 aliphatic rings. The maximum Gasteiger partial charge on any atom is 0.321 e. The minimum absolute atomic E-state index is 0.129. The van der Waals surface area contributed by atoms with Crippen LogP contribution in [0.25, 0.3) is 0 Å². The standard InChI is InChI=1S/C19H36N4O4/c1-14(2)8-12-22(13-16(24)21-27)18(26)23-11-6-7-15(23)17(25)20-10-9-19(3,4)5/h14-15,27H,6-13H2,1-5H3,(H,20,25)(H,21,24)/t15-/m0/s1. The molecule has 1 saturated heterocycles. The molecular formula is C19H36N4O4. The highest BCUT2D eigenvalue weighted by atomic mass is 16.5. The van der Waals surface area contributed by atoms with E-state index in [0.717, 1.165) is 19.3 Å². The second kappa shape index (κ2) is 10.5. The first kappa shape index (κ1) is 23.2. The van der Waals surface area contributed by atoms with Gasteiger partial charge in [-0.25, -0.2) is 10.3 Å². The van der Waals surface area contributed by atoms with Crippen molar-refractivity contribution >= 4 is 17.8 Å². The number of hydrogen-bond acceptors (Lipinski definition) is 4. The lowest BCUT2D eigenvalue weighted by Gasteiger charge is -2.31. The van der Waals surface area contributed by atoms with Gasteiger partial charge in [-0.3, -0.25) is 14.8 Å². The number of likely N-dealkylation sites (tertiary alicyclic amines) is 1. The van der Waals surface area contributed by atoms with Gasteiger partial charge in [0.1, 0.15) is 12.6 Å². The molecule has 8 heteroatoms. The summed E-state index contributed by atoms with van der Waals surface area (Å²) < 4.78 is 0. The van der Waals surface area contributed by atoms with Crippen molar-refractivity contribution in [3.05, 3.63) is 0 Å². The van der Waals surface area contributed by atoms with Gasteiger partial charge in [0, 0.05) is 19.6 Å². The van der Waals surface area contributed by atoms with Gasteiger partial charge >= 0.3 is 6.03 Å². The van der Waals surface area contributed by atoms with E-state index < -0.39 is 11.9 Å². The molecule has 0 aromatic heterocycles. The Labute approximate surface area is 162 Å². The third-order valence-corrected chi connectivity index (χ3v) is 4.68. The summed E-state index contributed by atoms with van der Waals surface area (Å²) in [6.45, 7) is 11.7. The van der Waals surface area contributed by atoms with Crippen LogP contribution in [-0.2, 0) is 9.59 Å². The molecule has 0 aromatic rings. The molecule has 1 aliphatic heterocycles. The number of amides is 4. The van der Waals surface area contributed by atoms with Crippen LogP contribution in [0.5, 0.6) is 0 Å². The molecular weight excluding hydrogens is 348 g/mol. The summed E-state index contributed by atoms with van der Waals surface area (Å²) >= 11 is 0. The van der Waals surface area contributed by atoms with Crippen LogP contribution >= 0.6 is 0 Å². The van der Waals surface area contributed by atoms with Gasteiger partial charge in [-0.1, -0.05) is 34.6 Å². The lowest BCUT2D eigenvalue weighted by Crippen LogP contribution is -2.53. The molecule has 1 heterocycles. The number of urea groups is 1. The summed E-state index contributed by atoms with van der Waals surface area (Å²) in [4.78, 5) is 40.1. The first-order chi connectivity index (χ1) is 12.5. The maximum atomic E-state index is 13.0. The molecule has 1 rings (SSSR count). The molecule has 156 valence electrons. The minimum atomic E-state index is -0.641. The Morgan fingerprint density at radius 1 is 1.26 bits per heavy atom. The maximum absolute atomic E-state index is 13.0. The molecule has 0 saturated carbocycles. The van der Waals surface area contributed by atoms with Gasteiger partial charge in [0.2, 0.25) is 5.91 Å². The third kappa shape index (κ3) is 8.15. The van der Waals surface area contributed by atoms with Crippen molar-refractivity contribution in [2.24, 2.45) is 11.3 Å². The fourth-order valence-corrected chi connectivity index (χ4v) is 2.99. The Morgan fingerprint density at radius 2 is 1.93 bits per heavy atom. The van der Waals surface area contributed by atoms with Crippen molar-refractivity contribution in [3.63, 3.8) is 0 Å². The Morgan fingerprint density at radius 3 is 2.48 bits per heavy atom. The van der Waals surface area contributed by atoms with Gasteiger partial charge in [-0.05, 0) is 37.0 Å². The highest BCUT2D eigenvalue weighted by molar-refractivity contribution is 5.89. The highest BCUT2D eigenvalue weighted by Gasteiger charge is 2.36. The van der Waals surface area contributed by atoms with E-state index in [1.54, 1.807) is 10.4 Å². The fraction of sp³-hybridized carbons (Fsp3) is 0.842. The number of nitrogens with one attached hydrogen (secondary N) is 2. The summed E-state index contributed by atoms with van der Waals surface area (Å²) in [5, 5.41) is 11.7. The van der Waals surface area contributed by atoms with Crippen molar-refractivity contribution in [1.29, 1.82) is 0 Å². The van der Waals surface area contributed by atoms with Crippen LogP contribution < -0.4 is 10.8 Å². The van der Waals surface area contributed by atoms with Gasteiger partial charge < -0.3 is 15.1 Å². The summed E-state index contributed by atoms with van der Waals surface area (Å²) in [6, 6.07) is -0.830. The van der Waals surface area contributed by atoms with Crippen LogP contribution in [0.1, 0.15) is 60.3 Å². The molecule has 8 nitrogen and oxygen atoms in total. The predicted octanol–water partition coefficient (Wildman–Crippen LogP) is 1.98. The third-order valence-electron chi connectivity index (χ3n) is 4.68. The van der Waals surface area contributed by atoms with E-state index in [0.29, 0.717) is 32.0 Å². The van der Waals surface area contributed by atoms with E-state index in [-0.39, 0.29) is 23.9 Å². The van der Waals surface area contributed by atoms with E-state index in [1.807, 2.05) is 13.8 Å². The first-order valence-corrected chi connectivity index (χ1v) is 9.81. The van der Waals surface area contributed by atoms with Crippen molar-refractivity contribution in [2.75, 3.05) is 26.2 Å². The topological polar surface area (TPSA) is 102 Å². The summed E-state index contributed by atoms with van der Waals surface area (Å²) in [5.41, 5.74) is 1.70. The smallest absolute Gasteiger partial charge is 0.321 e. The number of carbonyl (C=O) groups excluding carboxylic acids is 3. The van der Waals surface area contributed by atoms with Gasteiger partial charge in [-0.2, -0.15) is 0 Å². The second-order valence-corrected chi connectivity index (χ2v) is 8.87. The lowest BCUT2D eigenvalue weighted by atomic mass is 9.92. The summed E-state index contributed by atoms with van der Waals surface area (Å²) in [5.74, 6) is -0.412. The zero-order valence-corrected chi connectivity index (χ0v) is 17.4. The quantitative estimate of drug-likeness (QED) is 0.440. The zero-order valence-electron chi connectivity index (χ0n) is 17.4. The number of nitrogens with zero attached hydrogens (tertiary/aromatic N) is 2. The van der Waals surface area contributed by atoms with E-state index in [1.165, 1.54) is 4.90 Å². The molecule has 0 spiro atoms. The number of rotatable bonds is 8.